The SMILES string of the molecule is CC[C@@H](C)C(=N)C1(O)CCN(C)CC1. The van der Waals surface area contributed by atoms with Gasteiger partial charge in [-0.25, -0.2) is 0 Å². The fraction of sp³-hybridized carbons (Fsp3) is 0.909. The van der Waals surface area contributed by atoms with E-state index in [9.17, 15) is 5.11 Å². The van der Waals surface area contributed by atoms with E-state index in [0.29, 0.717) is 18.6 Å². The molecule has 1 aliphatic heterocycles. The van der Waals surface area contributed by atoms with Gasteiger partial charge in [0.25, 0.3) is 0 Å². The van der Waals surface area contributed by atoms with Crippen molar-refractivity contribution in [3.63, 3.8) is 0 Å². The molecule has 0 amide bonds. The molecule has 14 heavy (non-hydrogen) atoms. The number of likely N-dealkylation sites (tertiary alicyclic amines) is 1. The first-order valence-electron chi connectivity index (χ1n) is 5.49. The Morgan fingerprint density at radius 1 is 1.50 bits per heavy atom. The summed E-state index contributed by atoms with van der Waals surface area (Å²) in [6.45, 7) is 5.89. The highest BCUT2D eigenvalue weighted by atomic mass is 16.3. The van der Waals surface area contributed by atoms with Gasteiger partial charge in [-0.15, -0.1) is 0 Å². The lowest BCUT2D eigenvalue weighted by Crippen LogP contribution is -2.49. The third-order valence-electron chi connectivity index (χ3n) is 3.42. The summed E-state index contributed by atoms with van der Waals surface area (Å²) < 4.78 is 0. The van der Waals surface area contributed by atoms with Crippen LogP contribution in [0.25, 0.3) is 0 Å². The summed E-state index contributed by atoms with van der Waals surface area (Å²) in [7, 11) is 2.06. The molecule has 0 unspecified atom stereocenters. The van der Waals surface area contributed by atoms with Crippen LogP contribution >= 0.6 is 0 Å². The van der Waals surface area contributed by atoms with Crippen LogP contribution in [0.5, 0.6) is 0 Å². The van der Waals surface area contributed by atoms with Crippen LogP contribution in [-0.2, 0) is 0 Å². The normalized spacial score (nSPS) is 24.6. The lowest BCUT2D eigenvalue weighted by Gasteiger charge is -2.38. The van der Waals surface area contributed by atoms with Crippen molar-refractivity contribution in [2.75, 3.05) is 20.1 Å². The van der Waals surface area contributed by atoms with Gasteiger partial charge in [0.2, 0.25) is 0 Å². The summed E-state index contributed by atoms with van der Waals surface area (Å²) in [5.74, 6) is 0.211. The Morgan fingerprint density at radius 3 is 2.43 bits per heavy atom. The second kappa shape index (κ2) is 4.41. The van der Waals surface area contributed by atoms with E-state index in [0.717, 1.165) is 19.5 Å². The van der Waals surface area contributed by atoms with Crippen molar-refractivity contribution in [1.29, 1.82) is 5.41 Å². The lowest BCUT2D eigenvalue weighted by molar-refractivity contribution is 0.0390. The number of nitrogens with zero attached hydrogens (tertiary/aromatic N) is 1. The van der Waals surface area contributed by atoms with Crippen molar-refractivity contribution in [2.24, 2.45) is 5.92 Å². The Hall–Kier alpha value is -0.410. The topological polar surface area (TPSA) is 47.3 Å². The molecule has 1 saturated heterocycles. The van der Waals surface area contributed by atoms with E-state index in [1.54, 1.807) is 0 Å². The fourth-order valence-corrected chi connectivity index (χ4v) is 1.92. The van der Waals surface area contributed by atoms with E-state index in [4.69, 9.17) is 5.41 Å². The molecule has 1 fully saturated rings. The van der Waals surface area contributed by atoms with Crippen LogP contribution in [-0.4, -0.2) is 41.5 Å². The lowest BCUT2D eigenvalue weighted by atomic mass is 9.80. The average molecular weight is 198 g/mol. The molecule has 1 heterocycles. The van der Waals surface area contributed by atoms with Crippen LogP contribution in [0, 0.1) is 11.3 Å². The van der Waals surface area contributed by atoms with Gasteiger partial charge in [0, 0.05) is 18.8 Å². The zero-order chi connectivity index (χ0) is 10.8. The van der Waals surface area contributed by atoms with Crippen LogP contribution in [0.1, 0.15) is 33.1 Å². The first-order chi connectivity index (χ1) is 6.49. The van der Waals surface area contributed by atoms with Crippen molar-refractivity contribution >= 4 is 5.71 Å². The second-order valence-corrected chi connectivity index (χ2v) is 4.56. The number of aliphatic hydroxyl groups is 1. The van der Waals surface area contributed by atoms with Crippen molar-refractivity contribution in [3.05, 3.63) is 0 Å². The first kappa shape index (κ1) is 11.7. The smallest absolute Gasteiger partial charge is 0.105 e. The molecule has 3 nitrogen and oxygen atoms in total. The van der Waals surface area contributed by atoms with Crippen LogP contribution in [0.4, 0.5) is 0 Å². The van der Waals surface area contributed by atoms with Crippen molar-refractivity contribution < 1.29 is 5.11 Å². The minimum atomic E-state index is -0.818. The molecular weight excluding hydrogens is 176 g/mol. The molecule has 1 aliphatic rings. The Morgan fingerprint density at radius 2 is 2.00 bits per heavy atom. The summed E-state index contributed by atoms with van der Waals surface area (Å²) in [5.41, 5.74) is -0.282. The van der Waals surface area contributed by atoms with Gasteiger partial charge in [0.05, 0.1) is 0 Å². The van der Waals surface area contributed by atoms with Crippen LogP contribution in [0.15, 0.2) is 0 Å². The molecule has 2 N–H and O–H groups in total. The molecule has 0 spiro atoms. The van der Waals surface area contributed by atoms with Crippen LogP contribution in [0.3, 0.4) is 0 Å². The molecule has 0 aromatic heterocycles. The van der Waals surface area contributed by atoms with E-state index in [1.165, 1.54) is 0 Å². The monoisotopic (exact) mass is 198 g/mol. The molecular formula is C11H22N2O. The first-order valence-corrected chi connectivity index (χ1v) is 5.49. The number of rotatable bonds is 3. The highest BCUT2D eigenvalue weighted by molar-refractivity contribution is 5.91. The summed E-state index contributed by atoms with van der Waals surface area (Å²) in [6, 6.07) is 0. The maximum Gasteiger partial charge on any atom is 0.105 e. The number of hydrogen-bond donors (Lipinski definition) is 2. The van der Waals surface area contributed by atoms with Crippen LogP contribution < -0.4 is 0 Å². The van der Waals surface area contributed by atoms with Crippen molar-refractivity contribution in [1.82, 2.24) is 4.90 Å². The average Bonchev–Trinajstić information content (AvgIpc) is 2.20. The highest BCUT2D eigenvalue weighted by Crippen LogP contribution is 2.26. The summed E-state index contributed by atoms with van der Waals surface area (Å²) in [5, 5.41) is 18.3. The van der Waals surface area contributed by atoms with Gasteiger partial charge in [-0.2, -0.15) is 0 Å². The summed E-state index contributed by atoms with van der Waals surface area (Å²) in [6.07, 6.45) is 2.37. The Kier molecular flexibility index (Phi) is 3.67. The van der Waals surface area contributed by atoms with Crippen molar-refractivity contribution in [2.45, 2.75) is 38.7 Å². The standard InChI is InChI=1S/C11H22N2O/c1-4-9(2)10(12)11(14)5-7-13(3)8-6-11/h9,12,14H,4-8H2,1-3H3/t9-/m1/s1. The van der Waals surface area contributed by atoms with Gasteiger partial charge in [0.15, 0.2) is 0 Å². The van der Waals surface area contributed by atoms with E-state index in [-0.39, 0.29) is 5.92 Å². The molecule has 0 radical (unpaired) electrons. The van der Waals surface area contributed by atoms with Gasteiger partial charge < -0.3 is 15.4 Å². The minimum Gasteiger partial charge on any atom is -0.384 e. The minimum absolute atomic E-state index is 0.211. The third-order valence-corrected chi connectivity index (χ3v) is 3.42. The Labute approximate surface area is 86.6 Å². The molecule has 3 heteroatoms. The summed E-state index contributed by atoms with van der Waals surface area (Å²) in [4.78, 5) is 2.21. The predicted octanol–water partition coefficient (Wildman–Crippen LogP) is 1.51. The molecule has 0 aromatic carbocycles. The van der Waals surface area contributed by atoms with Gasteiger partial charge in [-0.05, 0) is 32.2 Å². The number of nitrogens with one attached hydrogen (secondary N) is 1. The predicted molar refractivity (Wildman–Crippen MR) is 58.9 cm³/mol. The molecule has 0 aliphatic carbocycles. The third kappa shape index (κ3) is 2.34. The zero-order valence-corrected chi connectivity index (χ0v) is 9.51. The van der Waals surface area contributed by atoms with Crippen LogP contribution in [0.2, 0.25) is 0 Å². The zero-order valence-electron chi connectivity index (χ0n) is 9.51. The summed E-state index contributed by atoms with van der Waals surface area (Å²) >= 11 is 0. The number of piperidine rings is 1. The Bertz CT molecular complexity index is 207. The molecule has 1 atom stereocenters. The Balaban J connectivity index is 2.61. The maximum absolute atomic E-state index is 10.3. The van der Waals surface area contributed by atoms with E-state index >= 15 is 0 Å². The second-order valence-electron chi connectivity index (χ2n) is 4.56. The number of hydrogen-bond acceptors (Lipinski definition) is 3. The van der Waals surface area contributed by atoms with E-state index in [2.05, 4.69) is 18.9 Å². The van der Waals surface area contributed by atoms with Crippen molar-refractivity contribution in [3.8, 4) is 0 Å². The molecule has 1 rings (SSSR count). The molecule has 82 valence electrons. The van der Waals surface area contributed by atoms with E-state index < -0.39 is 5.60 Å². The van der Waals surface area contributed by atoms with Gasteiger partial charge >= 0.3 is 0 Å². The molecule has 0 bridgehead atoms. The maximum atomic E-state index is 10.3. The van der Waals surface area contributed by atoms with Gasteiger partial charge in [0.1, 0.15) is 5.60 Å². The van der Waals surface area contributed by atoms with E-state index in [1.807, 2.05) is 6.92 Å². The quantitative estimate of drug-likeness (QED) is 0.675. The molecule has 0 saturated carbocycles. The molecule has 0 aromatic rings. The van der Waals surface area contributed by atoms with Gasteiger partial charge in [-0.3, -0.25) is 0 Å². The fourth-order valence-electron chi connectivity index (χ4n) is 1.92. The largest absolute Gasteiger partial charge is 0.384 e. The highest BCUT2D eigenvalue weighted by Gasteiger charge is 2.36. The van der Waals surface area contributed by atoms with Gasteiger partial charge in [-0.1, -0.05) is 13.8 Å².